The minimum atomic E-state index is -0.579. The van der Waals surface area contributed by atoms with Gasteiger partial charge < -0.3 is 9.47 Å². The van der Waals surface area contributed by atoms with Gasteiger partial charge >= 0.3 is 5.97 Å². The number of fused-ring (bicyclic) bond motifs is 1. The zero-order valence-electron chi connectivity index (χ0n) is 16.2. The molecule has 0 spiro atoms. The summed E-state index contributed by atoms with van der Waals surface area (Å²) in [6.45, 7) is 5.80. The maximum Gasteiger partial charge on any atom is 0.338 e. The van der Waals surface area contributed by atoms with E-state index in [0.29, 0.717) is 47.6 Å². The molecule has 1 heterocycles. The molecule has 148 valence electrons. The number of hydrogen-bond acceptors (Lipinski definition) is 5. The summed E-state index contributed by atoms with van der Waals surface area (Å²) in [6, 6.07) is 10.6. The van der Waals surface area contributed by atoms with E-state index in [4.69, 9.17) is 9.47 Å². The molecule has 0 saturated carbocycles. The first-order valence-corrected chi connectivity index (χ1v) is 9.98. The Kier molecular flexibility index (Phi) is 6.08. The predicted octanol–water partition coefficient (Wildman–Crippen LogP) is 5.37. The second kappa shape index (κ2) is 8.35. The van der Waals surface area contributed by atoms with Crippen LogP contribution in [-0.4, -0.2) is 24.0 Å². The van der Waals surface area contributed by atoms with Crippen molar-refractivity contribution in [2.75, 3.05) is 6.61 Å². The van der Waals surface area contributed by atoms with Gasteiger partial charge in [-0.2, -0.15) is 3.89 Å². The number of esters is 1. The average Bonchev–Trinajstić information content (AvgIpc) is 2.65. The van der Waals surface area contributed by atoms with Crippen LogP contribution in [0.3, 0.4) is 0 Å². The second-order valence-electron chi connectivity index (χ2n) is 7.41. The van der Waals surface area contributed by atoms with Gasteiger partial charge in [-0.3, -0.25) is 4.79 Å². The lowest BCUT2D eigenvalue weighted by atomic mass is 9.91. The lowest BCUT2D eigenvalue weighted by molar-refractivity contribution is 0.0525. The van der Waals surface area contributed by atoms with Crippen molar-refractivity contribution in [3.8, 4) is 5.75 Å². The van der Waals surface area contributed by atoms with Crippen LogP contribution in [-0.2, 0) is 17.6 Å². The summed E-state index contributed by atoms with van der Waals surface area (Å²) in [6.07, 6.45) is 1.54. The second-order valence-corrected chi connectivity index (χ2v) is 8.01. The molecule has 0 amide bonds. The number of carbonyl (C=O) groups is 2. The van der Waals surface area contributed by atoms with E-state index >= 15 is 0 Å². The minimum absolute atomic E-state index is 0.0155. The largest absolute Gasteiger partial charge is 0.487 e. The van der Waals surface area contributed by atoms with E-state index in [1.807, 2.05) is 26.0 Å². The Labute approximate surface area is 168 Å². The molecule has 28 heavy (non-hydrogen) atoms. The van der Waals surface area contributed by atoms with Crippen LogP contribution in [0.1, 0.15) is 59.0 Å². The third kappa shape index (κ3) is 4.55. The first kappa shape index (κ1) is 20.4. The first-order valence-electron chi connectivity index (χ1n) is 9.27. The van der Waals surface area contributed by atoms with Gasteiger partial charge in [-0.05, 0) is 69.0 Å². The minimum Gasteiger partial charge on any atom is -0.487 e. The highest BCUT2D eigenvalue weighted by Gasteiger charge is 2.33. The van der Waals surface area contributed by atoms with Gasteiger partial charge in [-0.25, -0.2) is 4.79 Å². The van der Waals surface area contributed by atoms with Crippen LogP contribution in [0.25, 0.3) is 0 Å². The van der Waals surface area contributed by atoms with E-state index in [2.05, 4.69) is 0 Å². The van der Waals surface area contributed by atoms with Gasteiger partial charge in [0, 0.05) is 4.90 Å². The van der Waals surface area contributed by atoms with E-state index in [1.165, 1.54) is 0 Å². The average molecular weight is 402 g/mol. The fraction of sp³-hybridized carbons (Fsp3) is 0.364. The monoisotopic (exact) mass is 402 g/mol. The maximum atomic E-state index is 13.5. The van der Waals surface area contributed by atoms with Gasteiger partial charge in [0.1, 0.15) is 11.4 Å². The Morgan fingerprint density at radius 3 is 2.57 bits per heavy atom. The summed E-state index contributed by atoms with van der Waals surface area (Å²) >= 11 is 0.164. The Morgan fingerprint density at radius 1 is 1.21 bits per heavy atom. The molecule has 0 atom stereocenters. The standard InChI is InChI=1S/C22H23FO4S/c1-4-26-21(25)15-8-5-14(6-9-15)7-10-16-11-17-18(24)13-22(2,3)27-19(17)12-20(16)28-23/h5-6,8-9,11-12H,4,7,10,13H2,1-3H3. The van der Waals surface area contributed by atoms with Gasteiger partial charge in [0.05, 0.1) is 36.3 Å². The number of Topliss-reactive ketones (excluding diaryl/α,β-unsaturated/α-hetero) is 1. The maximum absolute atomic E-state index is 13.5. The number of carbonyl (C=O) groups excluding carboxylic acids is 2. The quantitative estimate of drug-likeness (QED) is 0.608. The van der Waals surface area contributed by atoms with E-state index in [0.717, 1.165) is 11.1 Å². The Balaban J connectivity index is 1.77. The van der Waals surface area contributed by atoms with E-state index in [1.54, 1.807) is 31.2 Å². The number of halogens is 1. The SMILES string of the molecule is CCOC(=O)c1ccc(CCc2cc3c(cc2SF)OC(C)(C)CC3=O)cc1. The van der Waals surface area contributed by atoms with Gasteiger partial charge in [-0.15, -0.1) is 0 Å². The molecule has 0 aromatic heterocycles. The molecule has 0 fully saturated rings. The number of ketones is 1. The molecule has 2 aromatic carbocycles. The first-order chi connectivity index (χ1) is 13.3. The highest BCUT2D eigenvalue weighted by atomic mass is 32.2. The summed E-state index contributed by atoms with van der Waals surface area (Å²) in [4.78, 5) is 24.6. The molecule has 0 radical (unpaired) electrons. The van der Waals surface area contributed by atoms with Crippen molar-refractivity contribution in [3.63, 3.8) is 0 Å². The molecular weight excluding hydrogens is 379 g/mol. The van der Waals surface area contributed by atoms with Crippen molar-refractivity contribution >= 4 is 23.9 Å². The molecule has 4 nitrogen and oxygen atoms in total. The highest BCUT2D eigenvalue weighted by Crippen LogP contribution is 2.38. The molecule has 0 bridgehead atoms. The molecule has 1 aliphatic heterocycles. The van der Waals surface area contributed by atoms with Crippen LogP contribution in [0.15, 0.2) is 41.3 Å². The summed E-state index contributed by atoms with van der Waals surface area (Å²) in [7, 11) is 0. The van der Waals surface area contributed by atoms with Crippen LogP contribution in [0.4, 0.5) is 3.89 Å². The molecule has 0 unspecified atom stereocenters. The highest BCUT2D eigenvalue weighted by molar-refractivity contribution is 7.94. The zero-order valence-corrected chi connectivity index (χ0v) is 17.0. The van der Waals surface area contributed by atoms with Crippen molar-refractivity contribution in [3.05, 3.63) is 58.7 Å². The van der Waals surface area contributed by atoms with Crippen LogP contribution >= 0.6 is 12.1 Å². The molecule has 0 aliphatic carbocycles. The van der Waals surface area contributed by atoms with Crippen LogP contribution in [0, 0.1) is 0 Å². The lowest BCUT2D eigenvalue weighted by Crippen LogP contribution is -2.36. The fourth-order valence-electron chi connectivity index (χ4n) is 3.29. The van der Waals surface area contributed by atoms with Crippen LogP contribution < -0.4 is 4.74 Å². The molecule has 0 saturated heterocycles. The molecular formula is C22H23FO4S. The smallest absolute Gasteiger partial charge is 0.338 e. The number of ether oxygens (including phenoxy) is 2. The van der Waals surface area contributed by atoms with Gasteiger partial charge in [0.15, 0.2) is 5.78 Å². The van der Waals surface area contributed by atoms with E-state index in [-0.39, 0.29) is 23.9 Å². The number of rotatable bonds is 6. The van der Waals surface area contributed by atoms with Crippen molar-refractivity contribution in [2.24, 2.45) is 0 Å². The third-order valence-electron chi connectivity index (χ3n) is 4.67. The van der Waals surface area contributed by atoms with Crippen molar-refractivity contribution < 1.29 is 22.9 Å². The lowest BCUT2D eigenvalue weighted by Gasteiger charge is -2.32. The van der Waals surface area contributed by atoms with Gasteiger partial charge in [0.2, 0.25) is 0 Å². The van der Waals surface area contributed by atoms with E-state index in [9.17, 15) is 13.5 Å². The summed E-state index contributed by atoms with van der Waals surface area (Å²) in [5, 5.41) is 0. The topological polar surface area (TPSA) is 52.6 Å². The zero-order chi connectivity index (χ0) is 20.3. The molecule has 2 aromatic rings. The summed E-state index contributed by atoms with van der Waals surface area (Å²) < 4.78 is 24.3. The Morgan fingerprint density at radius 2 is 1.93 bits per heavy atom. The van der Waals surface area contributed by atoms with Crippen molar-refractivity contribution in [2.45, 2.75) is 50.5 Å². The molecule has 3 rings (SSSR count). The molecule has 1 aliphatic rings. The normalized spacial score (nSPS) is 14.9. The third-order valence-corrected chi connectivity index (χ3v) is 5.21. The van der Waals surface area contributed by atoms with Gasteiger partial charge in [-0.1, -0.05) is 12.1 Å². The summed E-state index contributed by atoms with van der Waals surface area (Å²) in [5.74, 6) is 0.118. The Hall–Kier alpha value is -2.34. The van der Waals surface area contributed by atoms with Crippen molar-refractivity contribution in [1.29, 1.82) is 0 Å². The predicted molar refractivity (Wildman–Crippen MR) is 107 cm³/mol. The van der Waals surface area contributed by atoms with Gasteiger partial charge in [0.25, 0.3) is 0 Å². The number of aryl methyl sites for hydroxylation is 2. The van der Waals surface area contributed by atoms with Crippen molar-refractivity contribution in [1.82, 2.24) is 0 Å². The number of benzene rings is 2. The van der Waals surface area contributed by atoms with E-state index < -0.39 is 5.60 Å². The summed E-state index contributed by atoms with van der Waals surface area (Å²) in [5.41, 5.74) is 2.24. The number of hydrogen-bond donors (Lipinski definition) is 0. The molecule has 6 heteroatoms. The Bertz CT molecular complexity index is 890. The van der Waals surface area contributed by atoms with Crippen LogP contribution in [0.5, 0.6) is 5.75 Å². The molecule has 0 N–H and O–H groups in total. The fourth-order valence-corrected chi connectivity index (χ4v) is 3.70. The van der Waals surface area contributed by atoms with Crippen LogP contribution in [0.2, 0.25) is 0 Å².